The molecular formula is C16H18N2O2. The summed E-state index contributed by atoms with van der Waals surface area (Å²) in [4.78, 5) is 25.7. The fourth-order valence-electron chi connectivity index (χ4n) is 2.19. The lowest BCUT2D eigenvalue weighted by Gasteiger charge is -2.13. The third-order valence-corrected chi connectivity index (χ3v) is 3.32. The Morgan fingerprint density at radius 3 is 2.40 bits per heavy atom. The van der Waals surface area contributed by atoms with Crippen LogP contribution in [0.15, 0.2) is 30.5 Å². The molecule has 20 heavy (non-hydrogen) atoms. The van der Waals surface area contributed by atoms with Crippen LogP contribution in [0.1, 0.15) is 45.8 Å². The molecule has 0 spiro atoms. The molecule has 2 N–H and O–H groups in total. The first-order chi connectivity index (χ1) is 9.69. The van der Waals surface area contributed by atoms with Gasteiger partial charge in [0.05, 0.1) is 0 Å². The number of aromatic amines is 1. The Hall–Kier alpha value is -2.36. The lowest BCUT2D eigenvalue weighted by Crippen LogP contribution is -2.15. The van der Waals surface area contributed by atoms with Crippen LogP contribution in [0, 0.1) is 0 Å². The molecule has 0 aliphatic heterocycles. The van der Waals surface area contributed by atoms with Crippen molar-refractivity contribution in [3.63, 3.8) is 0 Å². The summed E-state index contributed by atoms with van der Waals surface area (Å²) in [6.45, 7) is 4.12. The predicted octanol–water partition coefficient (Wildman–Crippen LogP) is 3.20. The van der Waals surface area contributed by atoms with E-state index in [1.807, 2.05) is 18.2 Å². The molecule has 1 heterocycles. The van der Waals surface area contributed by atoms with Gasteiger partial charge in [0.1, 0.15) is 5.69 Å². The van der Waals surface area contributed by atoms with Crippen molar-refractivity contribution in [2.24, 2.45) is 0 Å². The molecule has 4 heteroatoms. The maximum Gasteiger partial charge on any atom is 0.272 e. The van der Waals surface area contributed by atoms with Crippen molar-refractivity contribution in [1.82, 2.24) is 4.98 Å². The molecule has 4 nitrogen and oxygen atoms in total. The number of hydrogen-bond donors (Lipinski definition) is 2. The summed E-state index contributed by atoms with van der Waals surface area (Å²) < 4.78 is 0. The average molecular weight is 270 g/mol. The van der Waals surface area contributed by atoms with E-state index >= 15 is 0 Å². The second-order valence-corrected chi connectivity index (χ2v) is 4.58. The van der Waals surface area contributed by atoms with Crippen LogP contribution < -0.4 is 5.32 Å². The molecule has 104 valence electrons. The summed E-state index contributed by atoms with van der Waals surface area (Å²) in [6, 6.07) is 7.58. The van der Waals surface area contributed by atoms with E-state index in [9.17, 15) is 9.59 Å². The molecule has 0 radical (unpaired) electrons. The molecule has 0 atom stereocenters. The molecule has 1 amide bonds. The standard InChI is InChI=1S/C16H18N2O2/c1-3-12-6-5-7-13(4-2)15(12)18-16(20)14-8-11(10-19)9-17-14/h5-10,17H,3-4H2,1-2H3,(H,18,20). The van der Waals surface area contributed by atoms with E-state index in [1.165, 1.54) is 6.20 Å². The van der Waals surface area contributed by atoms with Gasteiger partial charge in [-0.1, -0.05) is 32.0 Å². The minimum Gasteiger partial charge on any atom is -0.356 e. The summed E-state index contributed by atoms with van der Waals surface area (Å²) in [5, 5.41) is 2.95. The fraction of sp³-hybridized carbons (Fsp3) is 0.250. The third kappa shape index (κ3) is 2.79. The van der Waals surface area contributed by atoms with Crippen LogP contribution in [-0.2, 0) is 12.8 Å². The normalized spacial score (nSPS) is 10.3. The molecule has 0 bridgehead atoms. The number of aromatic nitrogens is 1. The van der Waals surface area contributed by atoms with Crippen molar-refractivity contribution in [2.75, 3.05) is 5.32 Å². The number of rotatable bonds is 5. The number of anilines is 1. The van der Waals surface area contributed by atoms with Crippen LogP contribution in [0.25, 0.3) is 0 Å². The quantitative estimate of drug-likeness (QED) is 0.819. The van der Waals surface area contributed by atoms with Gasteiger partial charge >= 0.3 is 0 Å². The zero-order valence-electron chi connectivity index (χ0n) is 11.7. The molecule has 2 rings (SSSR count). The summed E-state index contributed by atoms with van der Waals surface area (Å²) in [6.07, 6.45) is 3.95. The number of aldehydes is 1. The monoisotopic (exact) mass is 270 g/mol. The summed E-state index contributed by atoms with van der Waals surface area (Å²) in [5.41, 5.74) is 3.96. The maximum atomic E-state index is 12.2. The van der Waals surface area contributed by atoms with Crippen molar-refractivity contribution in [3.05, 3.63) is 52.8 Å². The zero-order valence-corrected chi connectivity index (χ0v) is 11.7. The number of aryl methyl sites for hydroxylation is 2. The van der Waals surface area contributed by atoms with E-state index < -0.39 is 0 Å². The maximum absolute atomic E-state index is 12.2. The van der Waals surface area contributed by atoms with E-state index in [4.69, 9.17) is 0 Å². The van der Waals surface area contributed by atoms with Crippen LogP contribution in [0.3, 0.4) is 0 Å². The van der Waals surface area contributed by atoms with E-state index in [0.717, 1.165) is 29.7 Å². The van der Waals surface area contributed by atoms with Gasteiger partial charge in [0.2, 0.25) is 0 Å². The van der Waals surface area contributed by atoms with Crippen LogP contribution in [-0.4, -0.2) is 17.2 Å². The molecule has 0 aliphatic carbocycles. The number of H-pyrrole nitrogens is 1. The number of benzene rings is 1. The van der Waals surface area contributed by atoms with E-state index in [-0.39, 0.29) is 5.91 Å². The number of amides is 1. The molecule has 0 unspecified atom stereocenters. The fourth-order valence-corrected chi connectivity index (χ4v) is 2.19. The lowest BCUT2D eigenvalue weighted by molar-refractivity contribution is 0.102. The first-order valence-electron chi connectivity index (χ1n) is 6.75. The van der Waals surface area contributed by atoms with Gasteiger partial charge in [0.15, 0.2) is 6.29 Å². The number of carbonyl (C=O) groups is 2. The van der Waals surface area contributed by atoms with E-state index in [2.05, 4.69) is 24.1 Å². The van der Waals surface area contributed by atoms with Crippen LogP contribution in [0.2, 0.25) is 0 Å². The Labute approximate surface area is 118 Å². The Balaban J connectivity index is 2.29. The Bertz CT molecular complexity index is 607. The van der Waals surface area contributed by atoms with Gasteiger partial charge < -0.3 is 10.3 Å². The second-order valence-electron chi connectivity index (χ2n) is 4.58. The summed E-state index contributed by atoms with van der Waals surface area (Å²) in [5.74, 6) is -0.228. The Morgan fingerprint density at radius 1 is 1.25 bits per heavy atom. The number of hydrogen-bond acceptors (Lipinski definition) is 2. The van der Waals surface area contributed by atoms with E-state index in [1.54, 1.807) is 6.07 Å². The second kappa shape index (κ2) is 6.19. The van der Waals surface area contributed by atoms with Crippen molar-refractivity contribution < 1.29 is 9.59 Å². The van der Waals surface area contributed by atoms with Crippen LogP contribution in [0.5, 0.6) is 0 Å². The van der Waals surface area contributed by atoms with Crippen LogP contribution >= 0.6 is 0 Å². The topological polar surface area (TPSA) is 62.0 Å². The van der Waals surface area contributed by atoms with Crippen molar-refractivity contribution >= 4 is 17.9 Å². The molecule has 1 aromatic heterocycles. The van der Waals surface area contributed by atoms with Gasteiger partial charge in [-0.3, -0.25) is 9.59 Å². The van der Waals surface area contributed by atoms with Crippen molar-refractivity contribution in [1.29, 1.82) is 0 Å². The van der Waals surface area contributed by atoms with Gasteiger partial charge in [-0.15, -0.1) is 0 Å². The van der Waals surface area contributed by atoms with Gasteiger partial charge in [-0.05, 0) is 30.0 Å². The number of nitrogens with one attached hydrogen (secondary N) is 2. The van der Waals surface area contributed by atoms with Gasteiger partial charge in [0.25, 0.3) is 5.91 Å². The zero-order chi connectivity index (χ0) is 14.5. The minimum absolute atomic E-state index is 0.228. The summed E-state index contributed by atoms with van der Waals surface area (Å²) >= 11 is 0. The first kappa shape index (κ1) is 14.1. The molecule has 0 fully saturated rings. The highest BCUT2D eigenvalue weighted by atomic mass is 16.2. The van der Waals surface area contributed by atoms with Gasteiger partial charge in [0, 0.05) is 17.4 Å². The molecule has 2 aromatic rings. The molecule has 1 aromatic carbocycles. The van der Waals surface area contributed by atoms with Gasteiger partial charge in [-0.25, -0.2) is 0 Å². The SMILES string of the molecule is CCc1cccc(CC)c1NC(=O)c1cc(C=O)c[nH]1. The molecule has 0 aliphatic rings. The Morgan fingerprint density at radius 2 is 1.90 bits per heavy atom. The highest BCUT2D eigenvalue weighted by Crippen LogP contribution is 2.23. The highest BCUT2D eigenvalue weighted by Gasteiger charge is 2.13. The predicted molar refractivity (Wildman–Crippen MR) is 79.3 cm³/mol. The van der Waals surface area contributed by atoms with Crippen molar-refractivity contribution in [2.45, 2.75) is 26.7 Å². The smallest absolute Gasteiger partial charge is 0.272 e. The largest absolute Gasteiger partial charge is 0.356 e. The third-order valence-electron chi connectivity index (χ3n) is 3.32. The van der Waals surface area contributed by atoms with E-state index in [0.29, 0.717) is 17.5 Å². The number of carbonyl (C=O) groups excluding carboxylic acids is 2. The summed E-state index contributed by atoms with van der Waals surface area (Å²) in [7, 11) is 0. The minimum atomic E-state index is -0.228. The van der Waals surface area contributed by atoms with Gasteiger partial charge in [-0.2, -0.15) is 0 Å². The number of para-hydroxylation sites is 1. The Kier molecular flexibility index (Phi) is 4.35. The molecule has 0 saturated heterocycles. The van der Waals surface area contributed by atoms with Crippen LogP contribution in [0.4, 0.5) is 5.69 Å². The molecule has 0 saturated carbocycles. The highest BCUT2D eigenvalue weighted by molar-refractivity contribution is 6.04. The first-order valence-corrected chi connectivity index (χ1v) is 6.75. The average Bonchev–Trinajstić information content (AvgIpc) is 2.96. The molecular weight excluding hydrogens is 252 g/mol. The van der Waals surface area contributed by atoms with Crippen molar-refractivity contribution in [3.8, 4) is 0 Å². The lowest BCUT2D eigenvalue weighted by atomic mass is 10.0.